The van der Waals surface area contributed by atoms with E-state index in [0.29, 0.717) is 6.61 Å². The Bertz CT molecular complexity index is 151. The number of hydrogen-bond acceptors (Lipinski definition) is 3. The summed E-state index contributed by atoms with van der Waals surface area (Å²) in [5.41, 5.74) is 0. The maximum absolute atomic E-state index is 8.80. The van der Waals surface area contributed by atoms with E-state index >= 15 is 0 Å². The number of aliphatic hydroxyl groups excluding tert-OH is 1. The molecule has 0 radical (unpaired) electrons. The predicted molar refractivity (Wildman–Crippen MR) is 48.0 cm³/mol. The van der Waals surface area contributed by atoms with Crippen molar-refractivity contribution in [2.75, 3.05) is 39.3 Å². The van der Waals surface area contributed by atoms with Gasteiger partial charge in [-0.3, -0.25) is 0 Å². The minimum atomic E-state index is 0.310. The Morgan fingerprint density at radius 2 is 2.17 bits per heavy atom. The molecule has 2 aliphatic rings. The average Bonchev–Trinajstić information content (AvgIpc) is 2.51. The zero-order valence-electron chi connectivity index (χ0n) is 7.50. The summed E-state index contributed by atoms with van der Waals surface area (Å²) in [6.45, 7) is 5.96. The SMILES string of the molecule is OCCN1CCC2CNCC2C1. The van der Waals surface area contributed by atoms with Crippen LogP contribution in [0.4, 0.5) is 0 Å². The molecule has 12 heavy (non-hydrogen) atoms. The average molecular weight is 170 g/mol. The number of likely N-dealkylation sites (tertiary alicyclic amines) is 1. The highest BCUT2D eigenvalue weighted by atomic mass is 16.3. The molecule has 2 unspecified atom stereocenters. The summed E-state index contributed by atoms with van der Waals surface area (Å²) in [5, 5.41) is 12.2. The fourth-order valence-electron chi connectivity index (χ4n) is 2.45. The summed E-state index contributed by atoms with van der Waals surface area (Å²) >= 11 is 0. The van der Waals surface area contributed by atoms with Crippen LogP contribution in [-0.2, 0) is 0 Å². The molecule has 2 atom stereocenters. The lowest BCUT2D eigenvalue weighted by atomic mass is 9.89. The van der Waals surface area contributed by atoms with E-state index in [0.717, 1.165) is 18.4 Å². The number of hydrogen-bond donors (Lipinski definition) is 2. The molecule has 0 aliphatic carbocycles. The molecule has 3 heteroatoms. The quantitative estimate of drug-likeness (QED) is 0.587. The first-order chi connectivity index (χ1) is 5.90. The van der Waals surface area contributed by atoms with Crippen LogP contribution < -0.4 is 5.32 Å². The van der Waals surface area contributed by atoms with Crippen molar-refractivity contribution in [3.8, 4) is 0 Å². The Hall–Kier alpha value is -0.120. The number of rotatable bonds is 2. The van der Waals surface area contributed by atoms with Crippen molar-refractivity contribution >= 4 is 0 Å². The van der Waals surface area contributed by atoms with Gasteiger partial charge in [-0.25, -0.2) is 0 Å². The fourth-order valence-corrected chi connectivity index (χ4v) is 2.45. The molecular formula is C9H18N2O. The third-order valence-electron chi connectivity index (χ3n) is 3.20. The Balaban J connectivity index is 1.84. The van der Waals surface area contributed by atoms with Crippen molar-refractivity contribution in [1.29, 1.82) is 0 Å². The Kier molecular flexibility index (Phi) is 2.63. The van der Waals surface area contributed by atoms with E-state index in [1.165, 1.54) is 32.6 Å². The van der Waals surface area contributed by atoms with Gasteiger partial charge in [-0.2, -0.15) is 0 Å². The van der Waals surface area contributed by atoms with E-state index in [9.17, 15) is 0 Å². The van der Waals surface area contributed by atoms with Crippen LogP contribution in [0.15, 0.2) is 0 Å². The zero-order chi connectivity index (χ0) is 8.39. The number of aliphatic hydroxyl groups is 1. The van der Waals surface area contributed by atoms with Crippen molar-refractivity contribution in [1.82, 2.24) is 10.2 Å². The molecule has 2 N–H and O–H groups in total. The van der Waals surface area contributed by atoms with E-state index in [-0.39, 0.29) is 0 Å². The summed E-state index contributed by atoms with van der Waals surface area (Å²) in [4.78, 5) is 2.38. The smallest absolute Gasteiger partial charge is 0.0558 e. The molecule has 0 spiro atoms. The molecule has 3 nitrogen and oxygen atoms in total. The molecular weight excluding hydrogens is 152 g/mol. The highest BCUT2D eigenvalue weighted by molar-refractivity contribution is 4.87. The van der Waals surface area contributed by atoms with Crippen LogP contribution in [0.25, 0.3) is 0 Å². The van der Waals surface area contributed by atoms with Gasteiger partial charge in [0.05, 0.1) is 6.61 Å². The molecule has 70 valence electrons. The lowest BCUT2D eigenvalue weighted by Crippen LogP contribution is -2.41. The first-order valence-electron chi connectivity index (χ1n) is 4.94. The van der Waals surface area contributed by atoms with Crippen LogP contribution in [0, 0.1) is 11.8 Å². The van der Waals surface area contributed by atoms with Crippen molar-refractivity contribution in [2.24, 2.45) is 11.8 Å². The first kappa shape index (κ1) is 8.48. The van der Waals surface area contributed by atoms with E-state index in [2.05, 4.69) is 10.2 Å². The third kappa shape index (κ3) is 1.63. The number of nitrogens with zero attached hydrogens (tertiary/aromatic N) is 1. The second-order valence-electron chi connectivity index (χ2n) is 3.99. The second-order valence-corrected chi connectivity index (χ2v) is 3.99. The van der Waals surface area contributed by atoms with E-state index in [1.54, 1.807) is 0 Å². The van der Waals surface area contributed by atoms with E-state index < -0.39 is 0 Å². The van der Waals surface area contributed by atoms with Crippen molar-refractivity contribution in [3.05, 3.63) is 0 Å². The topological polar surface area (TPSA) is 35.5 Å². The molecule has 2 heterocycles. The van der Waals surface area contributed by atoms with E-state index in [4.69, 9.17) is 5.11 Å². The molecule has 2 saturated heterocycles. The Labute approximate surface area is 73.8 Å². The summed E-state index contributed by atoms with van der Waals surface area (Å²) in [5.74, 6) is 1.77. The molecule has 0 aromatic heterocycles. The lowest BCUT2D eigenvalue weighted by molar-refractivity contribution is 0.122. The second kappa shape index (κ2) is 3.73. The van der Waals surface area contributed by atoms with Gasteiger partial charge < -0.3 is 15.3 Å². The normalized spacial score (nSPS) is 36.8. The molecule has 0 saturated carbocycles. The van der Waals surface area contributed by atoms with Crippen molar-refractivity contribution in [2.45, 2.75) is 6.42 Å². The first-order valence-corrected chi connectivity index (χ1v) is 4.94. The minimum absolute atomic E-state index is 0.310. The lowest BCUT2D eigenvalue weighted by Gasteiger charge is -2.33. The van der Waals surface area contributed by atoms with Gasteiger partial charge >= 0.3 is 0 Å². The highest BCUT2D eigenvalue weighted by Gasteiger charge is 2.32. The Morgan fingerprint density at radius 3 is 3.00 bits per heavy atom. The highest BCUT2D eigenvalue weighted by Crippen LogP contribution is 2.25. The van der Waals surface area contributed by atoms with Gasteiger partial charge in [-0.15, -0.1) is 0 Å². The van der Waals surface area contributed by atoms with Gasteiger partial charge in [0.2, 0.25) is 0 Å². The maximum atomic E-state index is 8.80. The number of nitrogens with one attached hydrogen (secondary N) is 1. The molecule has 0 bridgehead atoms. The summed E-state index contributed by atoms with van der Waals surface area (Å²) < 4.78 is 0. The van der Waals surface area contributed by atoms with Crippen molar-refractivity contribution in [3.63, 3.8) is 0 Å². The van der Waals surface area contributed by atoms with Crippen LogP contribution in [0.1, 0.15) is 6.42 Å². The van der Waals surface area contributed by atoms with Crippen LogP contribution in [0.2, 0.25) is 0 Å². The monoisotopic (exact) mass is 170 g/mol. The minimum Gasteiger partial charge on any atom is -0.395 e. The van der Waals surface area contributed by atoms with Gasteiger partial charge in [0.15, 0.2) is 0 Å². The number of β-amino-alcohol motifs (C(OH)–C–C–N with tert-alkyl or cyclic N) is 1. The van der Waals surface area contributed by atoms with Gasteiger partial charge in [0.1, 0.15) is 0 Å². The maximum Gasteiger partial charge on any atom is 0.0558 e. The van der Waals surface area contributed by atoms with Gasteiger partial charge in [0, 0.05) is 13.1 Å². The number of fused-ring (bicyclic) bond motifs is 1. The number of piperidine rings is 1. The van der Waals surface area contributed by atoms with Gasteiger partial charge in [-0.05, 0) is 37.9 Å². The van der Waals surface area contributed by atoms with Crippen molar-refractivity contribution < 1.29 is 5.11 Å². The summed E-state index contributed by atoms with van der Waals surface area (Å²) in [7, 11) is 0. The molecule has 0 aromatic rings. The molecule has 0 aromatic carbocycles. The largest absolute Gasteiger partial charge is 0.395 e. The summed E-state index contributed by atoms with van der Waals surface area (Å²) in [6.07, 6.45) is 1.32. The van der Waals surface area contributed by atoms with Crippen LogP contribution in [0.3, 0.4) is 0 Å². The third-order valence-corrected chi connectivity index (χ3v) is 3.20. The van der Waals surface area contributed by atoms with E-state index in [1.807, 2.05) is 0 Å². The summed E-state index contributed by atoms with van der Waals surface area (Å²) in [6, 6.07) is 0. The molecule has 2 rings (SSSR count). The molecule has 2 aliphatic heterocycles. The standard InChI is InChI=1S/C9H18N2O/c12-4-3-11-2-1-8-5-10-6-9(8)7-11/h8-10,12H,1-7H2. The van der Waals surface area contributed by atoms with Gasteiger partial charge in [0.25, 0.3) is 0 Å². The molecule has 2 fully saturated rings. The van der Waals surface area contributed by atoms with Gasteiger partial charge in [-0.1, -0.05) is 0 Å². The fraction of sp³-hybridized carbons (Fsp3) is 1.00. The molecule has 0 amide bonds. The Morgan fingerprint density at radius 1 is 1.33 bits per heavy atom. The van der Waals surface area contributed by atoms with Crippen LogP contribution in [0.5, 0.6) is 0 Å². The zero-order valence-corrected chi connectivity index (χ0v) is 7.50. The van der Waals surface area contributed by atoms with Crippen LogP contribution >= 0.6 is 0 Å². The van der Waals surface area contributed by atoms with Crippen LogP contribution in [-0.4, -0.2) is 49.3 Å². The predicted octanol–water partition coefficient (Wildman–Crippen LogP) is -0.480.